The number of amides is 2. The van der Waals surface area contributed by atoms with Gasteiger partial charge in [-0.25, -0.2) is 4.98 Å². The molecule has 1 heterocycles. The van der Waals surface area contributed by atoms with Crippen molar-refractivity contribution in [3.63, 3.8) is 0 Å². The predicted molar refractivity (Wildman–Crippen MR) is 69.2 cm³/mol. The van der Waals surface area contributed by atoms with Gasteiger partial charge >= 0.3 is 0 Å². The molecular formula is C13H15N3O3. The normalized spacial score (nSPS) is 10.9. The van der Waals surface area contributed by atoms with Crippen molar-refractivity contribution in [2.75, 3.05) is 13.7 Å². The molecule has 1 atom stereocenters. The highest BCUT2D eigenvalue weighted by Gasteiger charge is 2.15. The van der Waals surface area contributed by atoms with Crippen LogP contribution in [0.3, 0.4) is 0 Å². The van der Waals surface area contributed by atoms with E-state index in [1.54, 1.807) is 13.0 Å². The van der Waals surface area contributed by atoms with Crippen molar-refractivity contribution in [1.82, 2.24) is 15.6 Å². The highest BCUT2D eigenvalue weighted by Crippen LogP contribution is 1.99. The van der Waals surface area contributed by atoms with Crippen LogP contribution >= 0.6 is 0 Å². The van der Waals surface area contributed by atoms with E-state index in [1.807, 2.05) is 0 Å². The molecule has 0 spiro atoms. The Bertz CT molecular complexity index is 514. The molecule has 0 aliphatic rings. The summed E-state index contributed by atoms with van der Waals surface area (Å²) in [6, 6.07) is 2.50. The van der Waals surface area contributed by atoms with Gasteiger partial charge in [-0.3, -0.25) is 9.59 Å². The fourth-order valence-corrected chi connectivity index (χ4v) is 1.30. The van der Waals surface area contributed by atoms with E-state index in [0.717, 1.165) is 0 Å². The molecule has 100 valence electrons. The van der Waals surface area contributed by atoms with Crippen molar-refractivity contribution in [3.05, 3.63) is 29.6 Å². The summed E-state index contributed by atoms with van der Waals surface area (Å²) >= 11 is 0. The Labute approximate surface area is 111 Å². The van der Waals surface area contributed by atoms with E-state index < -0.39 is 11.9 Å². The highest BCUT2D eigenvalue weighted by molar-refractivity contribution is 5.95. The molecule has 1 rings (SSSR count). The van der Waals surface area contributed by atoms with Crippen LogP contribution in [0, 0.1) is 11.8 Å². The molecule has 2 amide bonds. The van der Waals surface area contributed by atoms with Gasteiger partial charge in [0, 0.05) is 18.8 Å². The minimum Gasteiger partial charge on any atom is -0.384 e. The third-order valence-electron chi connectivity index (χ3n) is 2.30. The summed E-state index contributed by atoms with van der Waals surface area (Å²) < 4.78 is 0. The standard InChI is InChI=1S/C13H15N3O3/c1-9(12(18)14-2)16-13(19)11-6-5-10(8-15-11)4-3-7-17/h5-6,8-9,17H,7H2,1-2H3,(H,14,18)(H,16,19). The molecule has 0 aliphatic carbocycles. The summed E-state index contributed by atoms with van der Waals surface area (Å²) in [4.78, 5) is 27.0. The lowest BCUT2D eigenvalue weighted by Gasteiger charge is -2.11. The highest BCUT2D eigenvalue weighted by atomic mass is 16.2. The molecule has 3 N–H and O–H groups in total. The molecule has 0 fully saturated rings. The van der Waals surface area contributed by atoms with Crippen LogP contribution in [0.25, 0.3) is 0 Å². The monoisotopic (exact) mass is 261 g/mol. The van der Waals surface area contributed by atoms with Crippen molar-refractivity contribution in [2.24, 2.45) is 0 Å². The average molecular weight is 261 g/mol. The lowest BCUT2D eigenvalue weighted by molar-refractivity contribution is -0.122. The van der Waals surface area contributed by atoms with Gasteiger partial charge in [-0.1, -0.05) is 11.8 Å². The Morgan fingerprint density at radius 2 is 2.21 bits per heavy atom. The maximum atomic E-state index is 11.8. The summed E-state index contributed by atoms with van der Waals surface area (Å²) in [5, 5.41) is 13.5. The van der Waals surface area contributed by atoms with Crippen molar-refractivity contribution in [3.8, 4) is 11.8 Å². The Kier molecular flexibility index (Phi) is 5.51. The zero-order valence-electron chi connectivity index (χ0n) is 10.7. The van der Waals surface area contributed by atoms with Crippen molar-refractivity contribution >= 4 is 11.8 Å². The Hall–Kier alpha value is -2.39. The first kappa shape index (κ1) is 14.7. The molecular weight excluding hydrogens is 246 g/mol. The van der Waals surface area contributed by atoms with E-state index in [9.17, 15) is 9.59 Å². The van der Waals surface area contributed by atoms with E-state index >= 15 is 0 Å². The van der Waals surface area contributed by atoms with E-state index in [0.29, 0.717) is 5.56 Å². The summed E-state index contributed by atoms with van der Waals surface area (Å²) in [5.41, 5.74) is 0.801. The van der Waals surface area contributed by atoms with Crippen LogP contribution in [0.2, 0.25) is 0 Å². The minimum atomic E-state index is -0.631. The molecule has 6 heteroatoms. The van der Waals surface area contributed by atoms with Gasteiger partial charge in [0.2, 0.25) is 5.91 Å². The van der Waals surface area contributed by atoms with Crippen LogP contribution in [-0.4, -0.2) is 41.6 Å². The maximum Gasteiger partial charge on any atom is 0.270 e. The molecule has 0 aromatic carbocycles. The van der Waals surface area contributed by atoms with E-state index in [2.05, 4.69) is 27.5 Å². The first-order chi connectivity index (χ1) is 9.08. The zero-order chi connectivity index (χ0) is 14.3. The van der Waals surface area contributed by atoms with Crippen molar-refractivity contribution in [1.29, 1.82) is 0 Å². The molecule has 6 nitrogen and oxygen atoms in total. The smallest absolute Gasteiger partial charge is 0.270 e. The number of hydrogen-bond acceptors (Lipinski definition) is 4. The Balaban J connectivity index is 2.70. The fourth-order valence-electron chi connectivity index (χ4n) is 1.30. The molecule has 0 aliphatic heterocycles. The molecule has 1 unspecified atom stereocenters. The summed E-state index contributed by atoms with van der Waals surface area (Å²) in [6.07, 6.45) is 1.43. The molecule has 1 aromatic rings. The van der Waals surface area contributed by atoms with Crippen LogP contribution < -0.4 is 10.6 Å². The molecule has 0 radical (unpaired) electrons. The number of pyridine rings is 1. The van der Waals surface area contributed by atoms with Gasteiger partial charge in [0.1, 0.15) is 18.3 Å². The Morgan fingerprint density at radius 1 is 1.47 bits per heavy atom. The third kappa shape index (κ3) is 4.41. The van der Waals surface area contributed by atoms with E-state index in [4.69, 9.17) is 5.11 Å². The number of nitrogens with zero attached hydrogens (tertiary/aromatic N) is 1. The topological polar surface area (TPSA) is 91.3 Å². The number of nitrogens with one attached hydrogen (secondary N) is 2. The van der Waals surface area contributed by atoms with Crippen LogP contribution in [0.1, 0.15) is 23.0 Å². The molecule has 0 saturated carbocycles. The predicted octanol–water partition coefficient (Wildman–Crippen LogP) is -0.710. The molecule has 0 saturated heterocycles. The van der Waals surface area contributed by atoms with Crippen LogP contribution in [0.15, 0.2) is 18.3 Å². The number of hydrogen-bond donors (Lipinski definition) is 3. The summed E-state index contributed by atoms with van der Waals surface area (Å²) in [6.45, 7) is 1.35. The third-order valence-corrected chi connectivity index (χ3v) is 2.30. The maximum absolute atomic E-state index is 11.8. The summed E-state index contributed by atoms with van der Waals surface area (Å²) in [5.74, 6) is 4.44. The van der Waals surface area contributed by atoms with Gasteiger partial charge in [0.25, 0.3) is 5.91 Å². The van der Waals surface area contributed by atoms with E-state index in [-0.39, 0.29) is 18.2 Å². The van der Waals surface area contributed by atoms with Gasteiger partial charge in [0.05, 0.1) is 0 Å². The zero-order valence-corrected chi connectivity index (χ0v) is 10.7. The van der Waals surface area contributed by atoms with Crippen LogP contribution in [-0.2, 0) is 4.79 Å². The number of carbonyl (C=O) groups excluding carboxylic acids is 2. The van der Waals surface area contributed by atoms with Crippen LogP contribution in [0.4, 0.5) is 0 Å². The largest absolute Gasteiger partial charge is 0.384 e. The molecule has 19 heavy (non-hydrogen) atoms. The number of aromatic nitrogens is 1. The molecule has 0 bridgehead atoms. The first-order valence-corrected chi connectivity index (χ1v) is 5.66. The second-order valence-electron chi connectivity index (χ2n) is 3.70. The Morgan fingerprint density at radius 3 is 2.74 bits per heavy atom. The fraction of sp³-hybridized carbons (Fsp3) is 0.308. The SMILES string of the molecule is CNC(=O)C(C)NC(=O)c1ccc(C#CCO)cn1. The van der Waals surface area contributed by atoms with Crippen LogP contribution in [0.5, 0.6) is 0 Å². The minimum absolute atomic E-state index is 0.199. The van der Waals surface area contributed by atoms with E-state index in [1.165, 1.54) is 19.3 Å². The van der Waals surface area contributed by atoms with Gasteiger partial charge in [0.15, 0.2) is 0 Å². The number of aliphatic hydroxyl groups excluding tert-OH is 1. The lowest BCUT2D eigenvalue weighted by atomic mass is 10.2. The van der Waals surface area contributed by atoms with Crippen molar-refractivity contribution in [2.45, 2.75) is 13.0 Å². The number of aliphatic hydroxyl groups is 1. The average Bonchev–Trinajstić information content (AvgIpc) is 2.44. The van der Waals surface area contributed by atoms with Crippen molar-refractivity contribution < 1.29 is 14.7 Å². The first-order valence-electron chi connectivity index (χ1n) is 5.66. The lowest BCUT2D eigenvalue weighted by Crippen LogP contribution is -2.43. The number of likely N-dealkylation sites (N-methyl/N-ethyl adjacent to an activating group) is 1. The number of carbonyl (C=O) groups is 2. The second kappa shape index (κ2) is 7.13. The van der Waals surface area contributed by atoms with Gasteiger partial charge in [-0.2, -0.15) is 0 Å². The molecule has 1 aromatic heterocycles. The second-order valence-corrected chi connectivity index (χ2v) is 3.70. The van der Waals surface area contributed by atoms with Gasteiger partial charge in [-0.05, 0) is 19.1 Å². The quantitative estimate of drug-likeness (QED) is 0.627. The summed E-state index contributed by atoms with van der Waals surface area (Å²) in [7, 11) is 1.50. The van der Waals surface area contributed by atoms with Gasteiger partial charge in [-0.15, -0.1) is 0 Å². The van der Waals surface area contributed by atoms with Gasteiger partial charge < -0.3 is 15.7 Å². The number of rotatable bonds is 3.